The van der Waals surface area contributed by atoms with Gasteiger partial charge in [0, 0.05) is 12.0 Å². The van der Waals surface area contributed by atoms with E-state index in [1.165, 1.54) is 0 Å². The van der Waals surface area contributed by atoms with E-state index >= 15 is 0 Å². The number of aryl methyl sites for hydroxylation is 1. The molecule has 0 aliphatic rings. The molecule has 0 saturated heterocycles. The first kappa shape index (κ1) is 11.8. The van der Waals surface area contributed by atoms with E-state index in [1.54, 1.807) is 37.3 Å². The number of alkyl halides is 3. The minimum absolute atomic E-state index is 0.0173. The monoisotopic (exact) mass is 240 g/mol. The fourth-order valence-electron chi connectivity index (χ4n) is 1.68. The third-order valence-electron chi connectivity index (χ3n) is 2.49. The Labute approximate surface area is 96.9 Å². The van der Waals surface area contributed by atoms with Gasteiger partial charge in [0.1, 0.15) is 11.5 Å². The van der Waals surface area contributed by atoms with Gasteiger partial charge in [-0.3, -0.25) is 0 Å². The van der Waals surface area contributed by atoms with E-state index in [9.17, 15) is 13.2 Å². The number of halogens is 3. The maximum atomic E-state index is 12.7. The molecule has 0 unspecified atom stereocenters. The van der Waals surface area contributed by atoms with Crippen LogP contribution in [0.2, 0.25) is 0 Å². The van der Waals surface area contributed by atoms with Crippen LogP contribution in [0.25, 0.3) is 11.3 Å². The molecule has 0 saturated carbocycles. The quantitative estimate of drug-likeness (QED) is 0.751. The number of furan rings is 1. The van der Waals surface area contributed by atoms with Gasteiger partial charge in [0.2, 0.25) is 0 Å². The standard InChI is InChI=1S/C13H11F3O/c1-2-11-10(13(14,15)16)8-12(17-11)9-6-4-3-5-7-9/h3-8H,2H2,1H3. The Kier molecular flexibility index (Phi) is 2.96. The molecule has 0 spiro atoms. The smallest absolute Gasteiger partial charge is 0.419 e. The maximum Gasteiger partial charge on any atom is 0.419 e. The van der Waals surface area contributed by atoms with Gasteiger partial charge in [-0.15, -0.1) is 0 Å². The molecule has 1 nitrogen and oxygen atoms in total. The fraction of sp³-hybridized carbons (Fsp3) is 0.231. The first-order chi connectivity index (χ1) is 8.02. The third kappa shape index (κ3) is 2.35. The molecule has 1 aromatic heterocycles. The van der Waals surface area contributed by atoms with Crippen LogP contribution < -0.4 is 0 Å². The number of hydrogen-bond donors (Lipinski definition) is 0. The van der Waals surface area contributed by atoms with E-state index in [4.69, 9.17) is 4.42 Å². The molecule has 2 aromatic rings. The second-order valence-electron chi connectivity index (χ2n) is 3.66. The van der Waals surface area contributed by atoms with E-state index in [-0.39, 0.29) is 17.9 Å². The summed E-state index contributed by atoms with van der Waals surface area (Å²) in [5, 5.41) is 0. The number of rotatable bonds is 2. The zero-order valence-electron chi connectivity index (χ0n) is 9.21. The van der Waals surface area contributed by atoms with E-state index in [2.05, 4.69) is 0 Å². The van der Waals surface area contributed by atoms with Crippen LogP contribution >= 0.6 is 0 Å². The Hall–Kier alpha value is -1.71. The minimum atomic E-state index is -4.36. The molecule has 0 aliphatic heterocycles. The second kappa shape index (κ2) is 4.28. The summed E-state index contributed by atoms with van der Waals surface area (Å²) >= 11 is 0. The van der Waals surface area contributed by atoms with Gasteiger partial charge in [-0.05, 0) is 6.07 Å². The zero-order valence-corrected chi connectivity index (χ0v) is 9.21. The molecule has 0 radical (unpaired) electrons. The van der Waals surface area contributed by atoms with Crippen LogP contribution in [0.3, 0.4) is 0 Å². The highest BCUT2D eigenvalue weighted by atomic mass is 19.4. The van der Waals surface area contributed by atoms with Crippen molar-refractivity contribution in [3.05, 3.63) is 47.7 Å². The van der Waals surface area contributed by atoms with E-state index in [1.807, 2.05) is 0 Å². The lowest BCUT2D eigenvalue weighted by molar-refractivity contribution is -0.138. The summed E-state index contributed by atoms with van der Waals surface area (Å²) in [5.74, 6) is 0.242. The SMILES string of the molecule is CCc1oc(-c2ccccc2)cc1C(F)(F)F. The van der Waals surface area contributed by atoms with E-state index in [0.717, 1.165) is 6.07 Å². The lowest BCUT2D eigenvalue weighted by atomic mass is 10.1. The molecular formula is C13H11F3O. The van der Waals surface area contributed by atoms with Crippen LogP contribution in [0.4, 0.5) is 13.2 Å². The average molecular weight is 240 g/mol. The third-order valence-corrected chi connectivity index (χ3v) is 2.49. The first-order valence-electron chi connectivity index (χ1n) is 5.27. The largest absolute Gasteiger partial charge is 0.460 e. The topological polar surface area (TPSA) is 13.1 Å². The molecule has 1 heterocycles. The minimum Gasteiger partial charge on any atom is -0.460 e. The molecule has 0 N–H and O–H groups in total. The maximum absolute atomic E-state index is 12.7. The van der Waals surface area contributed by atoms with Crippen molar-refractivity contribution < 1.29 is 17.6 Å². The second-order valence-corrected chi connectivity index (χ2v) is 3.66. The van der Waals surface area contributed by atoms with Gasteiger partial charge in [-0.25, -0.2) is 0 Å². The molecule has 17 heavy (non-hydrogen) atoms. The molecule has 0 amide bonds. The summed E-state index contributed by atoms with van der Waals surface area (Å²) in [4.78, 5) is 0. The normalized spacial score (nSPS) is 11.8. The van der Waals surface area contributed by atoms with Crippen molar-refractivity contribution >= 4 is 0 Å². The summed E-state index contributed by atoms with van der Waals surface area (Å²) in [6, 6.07) is 9.83. The number of hydrogen-bond acceptors (Lipinski definition) is 1. The van der Waals surface area contributed by atoms with Gasteiger partial charge in [-0.1, -0.05) is 37.3 Å². The van der Waals surface area contributed by atoms with Crippen molar-refractivity contribution in [3.8, 4) is 11.3 Å². The Morgan fingerprint density at radius 2 is 1.76 bits per heavy atom. The zero-order chi connectivity index (χ0) is 12.5. The molecule has 0 aliphatic carbocycles. The Bertz CT molecular complexity index is 497. The Balaban J connectivity index is 2.49. The predicted octanol–water partition coefficient (Wildman–Crippen LogP) is 4.53. The van der Waals surface area contributed by atoms with Crippen molar-refractivity contribution in [2.75, 3.05) is 0 Å². The molecule has 0 bridgehead atoms. The molecule has 1 aromatic carbocycles. The number of benzene rings is 1. The lowest BCUT2D eigenvalue weighted by Gasteiger charge is -2.03. The molecule has 0 atom stereocenters. The van der Waals surface area contributed by atoms with Gasteiger partial charge in [0.15, 0.2) is 0 Å². The van der Waals surface area contributed by atoms with Crippen LogP contribution in [-0.2, 0) is 12.6 Å². The first-order valence-corrected chi connectivity index (χ1v) is 5.27. The van der Waals surface area contributed by atoms with Crippen molar-refractivity contribution in [2.45, 2.75) is 19.5 Å². The lowest BCUT2D eigenvalue weighted by Crippen LogP contribution is -2.05. The molecule has 90 valence electrons. The van der Waals surface area contributed by atoms with Gasteiger partial charge in [0.05, 0.1) is 5.56 Å². The molecule has 2 rings (SSSR count). The van der Waals surface area contributed by atoms with Gasteiger partial charge >= 0.3 is 6.18 Å². The van der Waals surface area contributed by atoms with Gasteiger partial charge < -0.3 is 4.42 Å². The Morgan fingerprint density at radius 3 is 2.24 bits per heavy atom. The average Bonchev–Trinajstić information content (AvgIpc) is 2.74. The summed E-state index contributed by atoms with van der Waals surface area (Å²) in [5.41, 5.74) is -0.0310. The summed E-state index contributed by atoms with van der Waals surface area (Å²) in [6.07, 6.45) is -4.14. The highest BCUT2D eigenvalue weighted by Gasteiger charge is 2.36. The van der Waals surface area contributed by atoms with Crippen LogP contribution in [0.1, 0.15) is 18.2 Å². The summed E-state index contributed by atoms with van der Waals surface area (Å²) in [6.45, 7) is 1.64. The molecular weight excluding hydrogens is 229 g/mol. The molecule has 0 fully saturated rings. The van der Waals surface area contributed by atoms with Gasteiger partial charge in [-0.2, -0.15) is 13.2 Å². The highest BCUT2D eigenvalue weighted by Crippen LogP contribution is 2.37. The summed E-state index contributed by atoms with van der Waals surface area (Å²) in [7, 11) is 0. The van der Waals surface area contributed by atoms with Gasteiger partial charge in [0.25, 0.3) is 0 Å². The van der Waals surface area contributed by atoms with Crippen LogP contribution in [0, 0.1) is 0 Å². The van der Waals surface area contributed by atoms with Crippen molar-refractivity contribution in [1.82, 2.24) is 0 Å². The van der Waals surface area contributed by atoms with Crippen molar-refractivity contribution in [2.24, 2.45) is 0 Å². The predicted molar refractivity (Wildman–Crippen MR) is 58.5 cm³/mol. The van der Waals surface area contributed by atoms with Crippen LogP contribution in [-0.4, -0.2) is 0 Å². The Morgan fingerprint density at radius 1 is 1.12 bits per heavy atom. The van der Waals surface area contributed by atoms with E-state index < -0.39 is 11.7 Å². The fourth-order valence-corrected chi connectivity index (χ4v) is 1.68. The summed E-state index contributed by atoms with van der Waals surface area (Å²) < 4.78 is 43.4. The molecule has 4 heteroatoms. The van der Waals surface area contributed by atoms with Crippen molar-refractivity contribution in [1.29, 1.82) is 0 Å². The highest BCUT2D eigenvalue weighted by molar-refractivity contribution is 5.59. The van der Waals surface area contributed by atoms with Crippen molar-refractivity contribution in [3.63, 3.8) is 0 Å². The van der Waals surface area contributed by atoms with E-state index in [0.29, 0.717) is 5.56 Å². The van der Waals surface area contributed by atoms with Crippen LogP contribution in [0.15, 0.2) is 40.8 Å². The van der Waals surface area contributed by atoms with Crippen LogP contribution in [0.5, 0.6) is 0 Å².